The third-order valence-electron chi connectivity index (χ3n) is 8.00. The molecule has 2 nitrogen and oxygen atoms in total. The number of carbonyl (C=O) groups is 1. The lowest BCUT2D eigenvalue weighted by molar-refractivity contribution is -0.149. The summed E-state index contributed by atoms with van der Waals surface area (Å²) < 4.78 is 5.74. The van der Waals surface area contributed by atoms with Gasteiger partial charge >= 0.3 is 5.97 Å². The molecule has 0 aromatic rings. The number of esters is 1. The fourth-order valence-corrected chi connectivity index (χ4v) is 5.29. The number of rotatable bonds is 30. The Kier molecular flexibility index (Phi) is 31.7. The Bertz CT molecular complexity index is 656. The monoisotopic (exact) mass is 571 g/mol. The summed E-state index contributed by atoms with van der Waals surface area (Å²) in [5.41, 5.74) is 0. The molecule has 2 heteroatoms. The third-order valence-corrected chi connectivity index (χ3v) is 8.00. The molecule has 0 spiro atoms. The fourth-order valence-electron chi connectivity index (χ4n) is 5.29. The van der Waals surface area contributed by atoms with Gasteiger partial charge in [0, 0.05) is 6.92 Å². The molecule has 0 bridgehead atoms. The topological polar surface area (TPSA) is 26.3 Å². The van der Waals surface area contributed by atoms with Gasteiger partial charge in [-0.15, -0.1) is 0 Å². The van der Waals surface area contributed by atoms with Crippen LogP contribution in [0.4, 0.5) is 0 Å². The van der Waals surface area contributed by atoms with E-state index in [1.165, 1.54) is 135 Å². The number of hydrogen-bond acceptors (Lipinski definition) is 2. The van der Waals surface area contributed by atoms with E-state index < -0.39 is 0 Å². The highest BCUT2D eigenvalue weighted by Gasteiger charge is 2.19. The van der Waals surface area contributed by atoms with Crippen molar-refractivity contribution in [1.82, 2.24) is 0 Å². The second-order valence-electron chi connectivity index (χ2n) is 12.2. The van der Waals surface area contributed by atoms with Gasteiger partial charge in [-0.25, -0.2) is 0 Å². The second kappa shape index (κ2) is 32.9. The lowest BCUT2D eigenvalue weighted by Crippen LogP contribution is -2.24. The molecule has 2 atom stereocenters. The SMILES string of the molecule is CCCCCC=CCC=CCCCCCCCC(C)C(CCCCCCCC=CCC=CCCCCC)OC(C)=O. The van der Waals surface area contributed by atoms with Gasteiger partial charge in [0.1, 0.15) is 6.10 Å². The number of carbonyl (C=O) groups excluding carboxylic acids is 1. The van der Waals surface area contributed by atoms with Crippen molar-refractivity contribution in [2.75, 3.05) is 0 Å². The lowest BCUT2D eigenvalue weighted by atomic mass is 9.93. The molecule has 0 fully saturated rings. The van der Waals surface area contributed by atoms with Crippen LogP contribution >= 0.6 is 0 Å². The van der Waals surface area contributed by atoms with E-state index in [1.807, 2.05) is 0 Å². The minimum Gasteiger partial charge on any atom is -0.462 e. The number of hydrogen-bond donors (Lipinski definition) is 0. The molecule has 0 saturated carbocycles. The highest BCUT2D eigenvalue weighted by Crippen LogP contribution is 2.22. The molecule has 238 valence electrons. The van der Waals surface area contributed by atoms with E-state index >= 15 is 0 Å². The minimum absolute atomic E-state index is 0.0938. The van der Waals surface area contributed by atoms with Crippen molar-refractivity contribution in [3.63, 3.8) is 0 Å². The van der Waals surface area contributed by atoms with E-state index in [9.17, 15) is 4.79 Å². The summed E-state index contributed by atoms with van der Waals surface area (Å²) in [6.45, 7) is 8.36. The van der Waals surface area contributed by atoms with Gasteiger partial charge in [0.15, 0.2) is 0 Å². The van der Waals surface area contributed by atoms with Crippen molar-refractivity contribution in [3.05, 3.63) is 48.6 Å². The maximum atomic E-state index is 11.7. The Hall–Kier alpha value is -1.57. The first-order valence-electron chi connectivity index (χ1n) is 17.9. The second-order valence-corrected chi connectivity index (χ2v) is 12.2. The van der Waals surface area contributed by atoms with Gasteiger partial charge in [-0.2, -0.15) is 0 Å². The van der Waals surface area contributed by atoms with Crippen molar-refractivity contribution in [1.29, 1.82) is 0 Å². The maximum Gasteiger partial charge on any atom is 0.302 e. The van der Waals surface area contributed by atoms with Gasteiger partial charge in [-0.1, -0.05) is 140 Å². The normalized spacial score (nSPS) is 13.8. The summed E-state index contributed by atoms with van der Waals surface area (Å²) in [5, 5.41) is 0. The molecule has 2 unspecified atom stereocenters. The molecule has 0 aliphatic carbocycles. The van der Waals surface area contributed by atoms with E-state index in [1.54, 1.807) is 6.92 Å². The van der Waals surface area contributed by atoms with Gasteiger partial charge in [0.25, 0.3) is 0 Å². The smallest absolute Gasteiger partial charge is 0.302 e. The van der Waals surface area contributed by atoms with Crippen LogP contribution in [0, 0.1) is 5.92 Å². The van der Waals surface area contributed by atoms with Crippen LogP contribution in [-0.4, -0.2) is 12.1 Å². The van der Waals surface area contributed by atoms with Gasteiger partial charge in [0.05, 0.1) is 0 Å². The van der Waals surface area contributed by atoms with Gasteiger partial charge in [0.2, 0.25) is 0 Å². The Morgan fingerprint density at radius 3 is 1.29 bits per heavy atom. The molecule has 0 heterocycles. The van der Waals surface area contributed by atoms with Gasteiger partial charge < -0.3 is 4.74 Å². The van der Waals surface area contributed by atoms with Gasteiger partial charge in [-0.3, -0.25) is 4.79 Å². The fraction of sp³-hybridized carbons (Fsp3) is 0.769. The van der Waals surface area contributed by atoms with E-state index in [0.29, 0.717) is 5.92 Å². The molecule has 0 radical (unpaired) electrons. The van der Waals surface area contributed by atoms with Crippen LogP contribution in [0.1, 0.15) is 182 Å². The third kappa shape index (κ3) is 31.2. The van der Waals surface area contributed by atoms with Gasteiger partial charge in [-0.05, 0) is 89.4 Å². The molecular formula is C39H70O2. The Morgan fingerprint density at radius 2 is 0.878 bits per heavy atom. The van der Waals surface area contributed by atoms with Crippen LogP contribution in [0.2, 0.25) is 0 Å². The molecule has 0 rings (SSSR count). The van der Waals surface area contributed by atoms with Crippen molar-refractivity contribution in [2.24, 2.45) is 5.92 Å². The van der Waals surface area contributed by atoms with E-state index in [0.717, 1.165) is 19.3 Å². The summed E-state index contributed by atoms with van der Waals surface area (Å²) in [7, 11) is 0. The van der Waals surface area contributed by atoms with E-state index in [2.05, 4.69) is 69.4 Å². The molecular weight excluding hydrogens is 500 g/mol. The molecule has 0 aliphatic rings. The van der Waals surface area contributed by atoms with Crippen LogP contribution in [0.3, 0.4) is 0 Å². The summed E-state index contributed by atoms with van der Waals surface area (Å²) in [5.74, 6) is 0.340. The Balaban J connectivity index is 3.79. The number of ether oxygens (including phenoxy) is 1. The van der Waals surface area contributed by atoms with E-state index in [4.69, 9.17) is 4.74 Å². The molecule has 41 heavy (non-hydrogen) atoms. The largest absolute Gasteiger partial charge is 0.462 e. The van der Waals surface area contributed by atoms with E-state index in [-0.39, 0.29) is 12.1 Å². The van der Waals surface area contributed by atoms with Crippen LogP contribution in [0.15, 0.2) is 48.6 Å². The van der Waals surface area contributed by atoms with Crippen LogP contribution < -0.4 is 0 Å². The quantitative estimate of drug-likeness (QED) is 0.0487. The molecule has 0 saturated heterocycles. The zero-order chi connectivity index (χ0) is 30.1. The molecule has 0 aliphatic heterocycles. The summed E-state index contributed by atoms with van der Waals surface area (Å²) in [6, 6.07) is 0. The predicted molar refractivity (Wildman–Crippen MR) is 183 cm³/mol. The van der Waals surface area contributed by atoms with Crippen molar-refractivity contribution >= 4 is 5.97 Å². The van der Waals surface area contributed by atoms with Crippen LogP contribution in [-0.2, 0) is 9.53 Å². The number of allylic oxidation sites excluding steroid dienone is 8. The summed E-state index contributed by atoms with van der Waals surface area (Å²) >= 11 is 0. The molecule has 0 aromatic carbocycles. The highest BCUT2D eigenvalue weighted by molar-refractivity contribution is 5.66. The standard InChI is InChI=1S/C39H70O2/c1-5-7-9-11-13-15-17-19-21-23-25-27-29-31-33-35-37(3)39(41-38(4)40)36-34-32-30-28-26-24-22-20-18-16-14-12-10-8-6-2/h13-16,19-22,37,39H,5-12,17-18,23-36H2,1-4H3. The summed E-state index contributed by atoms with van der Waals surface area (Å²) in [6.07, 6.45) is 48.7. The first-order valence-corrected chi connectivity index (χ1v) is 17.9. The first kappa shape index (κ1) is 39.4. The summed E-state index contributed by atoms with van der Waals surface area (Å²) in [4.78, 5) is 11.7. The lowest BCUT2D eigenvalue weighted by Gasteiger charge is -2.24. The average molecular weight is 571 g/mol. The molecule has 0 amide bonds. The zero-order valence-electron chi connectivity index (χ0n) is 28.1. The Morgan fingerprint density at radius 1 is 0.512 bits per heavy atom. The van der Waals surface area contributed by atoms with Crippen molar-refractivity contribution in [2.45, 2.75) is 188 Å². The molecule has 0 N–H and O–H groups in total. The van der Waals surface area contributed by atoms with Crippen LogP contribution in [0.25, 0.3) is 0 Å². The zero-order valence-corrected chi connectivity index (χ0v) is 28.1. The molecule has 0 aromatic heterocycles. The maximum absolute atomic E-state index is 11.7. The number of unbranched alkanes of at least 4 members (excludes halogenated alkanes) is 16. The first-order chi connectivity index (χ1) is 20.1. The average Bonchev–Trinajstić information content (AvgIpc) is 2.96. The van der Waals surface area contributed by atoms with Crippen molar-refractivity contribution < 1.29 is 9.53 Å². The highest BCUT2D eigenvalue weighted by atomic mass is 16.5. The van der Waals surface area contributed by atoms with Crippen LogP contribution in [0.5, 0.6) is 0 Å². The minimum atomic E-state index is -0.121. The van der Waals surface area contributed by atoms with Crippen molar-refractivity contribution in [3.8, 4) is 0 Å². The predicted octanol–water partition coefficient (Wildman–Crippen LogP) is 13.2. The Labute approximate surface area is 257 Å².